The summed E-state index contributed by atoms with van der Waals surface area (Å²) >= 11 is 0. The van der Waals surface area contributed by atoms with Crippen molar-refractivity contribution in [2.45, 2.75) is 25.6 Å². The average molecular weight is 194 g/mol. The topological polar surface area (TPSA) is 38.4 Å². The van der Waals surface area contributed by atoms with E-state index in [2.05, 4.69) is 4.99 Å². The molecule has 0 aliphatic carbocycles. The van der Waals surface area contributed by atoms with Gasteiger partial charge in [-0.2, -0.15) is 8.78 Å². The Morgan fingerprint density at radius 2 is 2.17 bits per heavy atom. The molecule has 0 amide bonds. The van der Waals surface area contributed by atoms with Gasteiger partial charge in [-0.25, -0.2) is 0 Å². The Morgan fingerprint density at radius 3 is 2.50 bits per heavy atom. The quantitative estimate of drug-likeness (QED) is 0.539. The van der Waals surface area contributed by atoms with E-state index in [4.69, 9.17) is 5.73 Å². The number of halogens is 2. The maximum atomic E-state index is 12.4. The minimum atomic E-state index is -2.88. The summed E-state index contributed by atoms with van der Waals surface area (Å²) < 4.78 is 24.9. The van der Waals surface area contributed by atoms with Crippen molar-refractivity contribution >= 4 is 15.5 Å². The number of hydrogen-bond acceptors (Lipinski definition) is 2. The minimum absolute atomic E-state index is 0.107. The van der Waals surface area contributed by atoms with Crippen LogP contribution in [0.15, 0.2) is 16.8 Å². The minimum Gasteiger partial charge on any atom is -0.323 e. The fourth-order valence-corrected chi connectivity index (χ4v) is 0.451. The highest BCUT2D eigenvalue weighted by atomic mass is 31.0. The van der Waals surface area contributed by atoms with Crippen molar-refractivity contribution in [3.63, 3.8) is 0 Å². The summed E-state index contributed by atoms with van der Waals surface area (Å²) in [6.07, 6.45) is 2.51. The number of aliphatic imine (C=N–C) groups is 1. The van der Waals surface area contributed by atoms with Crippen molar-refractivity contribution in [2.75, 3.05) is 0 Å². The standard InChI is InChI=1S/C7H13F2N2P/c1-5(7(8,9)12)3-11-4-6(2)10/h3-4,6H,10,12H2,1-2H3/b5-3+,11-4-. The van der Waals surface area contributed by atoms with Crippen molar-refractivity contribution in [1.82, 2.24) is 0 Å². The van der Waals surface area contributed by atoms with E-state index in [1.807, 2.05) is 0 Å². The molecule has 2 N–H and O–H groups in total. The molecular weight excluding hydrogens is 181 g/mol. The summed E-state index contributed by atoms with van der Waals surface area (Å²) in [5, 5.41) is 0. The molecule has 0 radical (unpaired) electrons. The normalized spacial score (nSPS) is 17.0. The molecule has 0 aliphatic rings. The third kappa shape index (κ3) is 5.33. The van der Waals surface area contributed by atoms with Crippen LogP contribution in [0.3, 0.4) is 0 Å². The van der Waals surface area contributed by atoms with E-state index < -0.39 is 5.66 Å². The highest BCUT2D eigenvalue weighted by Gasteiger charge is 2.23. The van der Waals surface area contributed by atoms with Gasteiger partial charge in [-0.1, -0.05) is 9.24 Å². The van der Waals surface area contributed by atoms with Crippen LogP contribution >= 0.6 is 9.24 Å². The monoisotopic (exact) mass is 194 g/mol. The van der Waals surface area contributed by atoms with Gasteiger partial charge in [0.2, 0.25) is 0 Å². The van der Waals surface area contributed by atoms with Gasteiger partial charge < -0.3 is 5.73 Å². The van der Waals surface area contributed by atoms with Crippen LogP contribution in [0.4, 0.5) is 8.78 Å². The number of hydrogen-bond donors (Lipinski definition) is 1. The van der Waals surface area contributed by atoms with Crippen molar-refractivity contribution in [2.24, 2.45) is 10.7 Å². The summed E-state index contributed by atoms with van der Waals surface area (Å²) in [5.41, 5.74) is 2.33. The van der Waals surface area contributed by atoms with Crippen LogP contribution < -0.4 is 5.73 Å². The van der Waals surface area contributed by atoms with Gasteiger partial charge in [0.05, 0.1) is 0 Å². The Labute approximate surface area is 73.1 Å². The van der Waals surface area contributed by atoms with E-state index in [0.717, 1.165) is 6.20 Å². The van der Waals surface area contributed by atoms with Gasteiger partial charge in [0, 0.05) is 24.0 Å². The predicted molar refractivity (Wildman–Crippen MR) is 50.6 cm³/mol. The third-order valence-corrected chi connectivity index (χ3v) is 1.57. The van der Waals surface area contributed by atoms with Crippen LogP contribution in [0.1, 0.15) is 13.8 Å². The molecule has 0 heterocycles. The van der Waals surface area contributed by atoms with Crippen molar-refractivity contribution in [3.8, 4) is 0 Å². The first-order chi connectivity index (χ1) is 5.34. The Kier molecular flexibility index (Phi) is 4.50. The molecule has 0 aliphatic heterocycles. The average Bonchev–Trinajstić information content (AvgIpc) is 1.84. The molecule has 0 aromatic heterocycles. The van der Waals surface area contributed by atoms with Gasteiger partial charge in [-0.05, 0) is 13.8 Å². The lowest BCUT2D eigenvalue weighted by atomic mass is 10.3. The van der Waals surface area contributed by atoms with E-state index >= 15 is 0 Å². The summed E-state index contributed by atoms with van der Waals surface area (Å²) in [5.74, 6) is 0. The molecule has 70 valence electrons. The van der Waals surface area contributed by atoms with E-state index in [1.54, 1.807) is 6.92 Å². The second-order valence-corrected chi connectivity index (χ2v) is 3.32. The Morgan fingerprint density at radius 1 is 1.67 bits per heavy atom. The molecule has 0 saturated heterocycles. The van der Waals surface area contributed by atoms with Gasteiger partial charge in [0.15, 0.2) is 0 Å². The van der Waals surface area contributed by atoms with Crippen LogP contribution in [0.5, 0.6) is 0 Å². The number of alkyl halides is 2. The molecule has 5 heteroatoms. The highest BCUT2D eigenvalue weighted by molar-refractivity contribution is 7.18. The largest absolute Gasteiger partial charge is 0.323 e. The van der Waals surface area contributed by atoms with Gasteiger partial charge >= 0.3 is 0 Å². The maximum absolute atomic E-state index is 12.4. The van der Waals surface area contributed by atoms with Crippen molar-refractivity contribution < 1.29 is 8.78 Å². The zero-order chi connectivity index (χ0) is 9.78. The second kappa shape index (κ2) is 4.63. The predicted octanol–water partition coefficient (Wildman–Crippen LogP) is 1.78. The summed E-state index contributed by atoms with van der Waals surface area (Å²) in [6.45, 7) is 3.02. The molecule has 0 aromatic carbocycles. The third-order valence-electron chi connectivity index (χ3n) is 1.12. The van der Waals surface area contributed by atoms with Crippen LogP contribution in [-0.4, -0.2) is 17.9 Å². The molecule has 2 unspecified atom stereocenters. The summed E-state index contributed by atoms with van der Waals surface area (Å²) in [7, 11) is 1.44. The lowest BCUT2D eigenvalue weighted by Crippen LogP contribution is -2.15. The van der Waals surface area contributed by atoms with Crippen LogP contribution in [-0.2, 0) is 0 Å². The summed E-state index contributed by atoms with van der Waals surface area (Å²) in [6, 6.07) is -0.216. The molecule has 0 fully saturated rings. The van der Waals surface area contributed by atoms with Crippen molar-refractivity contribution in [3.05, 3.63) is 11.8 Å². The van der Waals surface area contributed by atoms with Crippen LogP contribution in [0.2, 0.25) is 0 Å². The first kappa shape index (κ1) is 11.7. The smallest absolute Gasteiger partial charge is 0.281 e. The zero-order valence-corrected chi connectivity index (χ0v) is 8.24. The zero-order valence-electron chi connectivity index (χ0n) is 7.09. The molecule has 2 atom stereocenters. The van der Waals surface area contributed by atoms with E-state index in [-0.39, 0.29) is 11.6 Å². The molecule has 12 heavy (non-hydrogen) atoms. The molecule has 0 rings (SSSR count). The molecule has 0 aromatic rings. The first-order valence-electron chi connectivity index (χ1n) is 3.47. The number of rotatable bonds is 3. The molecule has 0 spiro atoms. The Balaban J connectivity index is 4.20. The SMILES string of the molecule is C/C(=C\N=C/C(C)N)C(F)(F)P. The van der Waals surface area contributed by atoms with E-state index in [0.29, 0.717) is 0 Å². The first-order valence-corrected chi connectivity index (χ1v) is 4.04. The van der Waals surface area contributed by atoms with Crippen LogP contribution in [0.25, 0.3) is 0 Å². The lowest BCUT2D eigenvalue weighted by Gasteiger charge is -2.08. The molecule has 2 nitrogen and oxygen atoms in total. The van der Waals surface area contributed by atoms with Gasteiger partial charge in [0.25, 0.3) is 5.66 Å². The Hall–Kier alpha value is -0.340. The molecular formula is C7H13F2N2P. The molecule has 0 bridgehead atoms. The Bertz CT molecular complexity index is 194. The van der Waals surface area contributed by atoms with E-state index in [9.17, 15) is 8.78 Å². The van der Waals surface area contributed by atoms with Gasteiger partial charge in [-0.3, -0.25) is 4.99 Å². The lowest BCUT2D eigenvalue weighted by molar-refractivity contribution is 0.146. The number of nitrogens with zero attached hydrogens (tertiary/aromatic N) is 1. The second-order valence-electron chi connectivity index (χ2n) is 2.59. The maximum Gasteiger partial charge on any atom is 0.281 e. The van der Waals surface area contributed by atoms with Gasteiger partial charge in [0.1, 0.15) is 0 Å². The fourth-order valence-electron chi connectivity index (χ4n) is 0.377. The molecule has 0 saturated carbocycles. The number of nitrogens with two attached hydrogens (primary N) is 1. The fraction of sp³-hybridized carbons (Fsp3) is 0.571. The summed E-state index contributed by atoms with van der Waals surface area (Å²) in [4.78, 5) is 3.63. The van der Waals surface area contributed by atoms with E-state index in [1.165, 1.54) is 22.4 Å². The van der Waals surface area contributed by atoms with Crippen molar-refractivity contribution in [1.29, 1.82) is 0 Å². The number of allylic oxidation sites excluding steroid dienone is 1. The van der Waals surface area contributed by atoms with Gasteiger partial charge in [-0.15, -0.1) is 0 Å². The highest BCUT2D eigenvalue weighted by Crippen LogP contribution is 2.30. The van der Waals surface area contributed by atoms with Crippen LogP contribution in [0, 0.1) is 0 Å².